The lowest BCUT2D eigenvalue weighted by Crippen LogP contribution is -2.37. The number of hydrogen-bond acceptors (Lipinski definition) is 2. The van der Waals surface area contributed by atoms with E-state index in [9.17, 15) is 4.79 Å². The Kier molecular flexibility index (Phi) is 2.96. The highest BCUT2D eigenvalue weighted by molar-refractivity contribution is 6.76. The van der Waals surface area contributed by atoms with Gasteiger partial charge in [-0.25, -0.2) is 0 Å². The molecular formula is C16H14BNO. The Labute approximate surface area is 113 Å². The van der Waals surface area contributed by atoms with Crippen LogP contribution in [0.2, 0.25) is 0 Å². The molecule has 0 fully saturated rings. The third-order valence-electron chi connectivity index (χ3n) is 3.41. The van der Waals surface area contributed by atoms with Gasteiger partial charge in [0.1, 0.15) is 0 Å². The van der Waals surface area contributed by atoms with Crippen molar-refractivity contribution in [2.75, 3.05) is 0 Å². The van der Waals surface area contributed by atoms with E-state index in [2.05, 4.69) is 0 Å². The average molecular weight is 247 g/mol. The number of nitrogens with zero attached hydrogens (tertiary/aromatic N) is 1. The van der Waals surface area contributed by atoms with Gasteiger partial charge in [0.25, 0.3) is 0 Å². The largest absolute Gasteiger partial charge is 0.389 e. The monoisotopic (exact) mass is 247 g/mol. The van der Waals surface area contributed by atoms with Gasteiger partial charge in [0.15, 0.2) is 5.78 Å². The molecule has 92 valence electrons. The van der Waals surface area contributed by atoms with E-state index in [4.69, 9.17) is 0 Å². The summed E-state index contributed by atoms with van der Waals surface area (Å²) in [6.45, 7) is 2.04. The minimum absolute atomic E-state index is 0.0174. The summed E-state index contributed by atoms with van der Waals surface area (Å²) in [7, 11) is 0. The number of rotatable bonds is 2. The molecule has 0 saturated carbocycles. The molecule has 3 heteroatoms. The van der Waals surface area contributed by atoms with Crippen LogP contribution in [0.4, 0.5) is 0 Å². The van der Waals surface area contributed by atoms with Gasteiger partial charge in [-0.15, -0.1) is 0 Å². The van der Waals surface area contributed by atoms with Gasteiger partial charge in [-0.1, -0.05) is 48.0 Å². The molecular weight excluding hydrogens is 233 g/mol. The van der Waals surface area contributed by atoms with Gasteiger partial charge in [-0.2, -0.15) is 0 Å². The number of carbonyl (C=O) groups is 1. The van der Waals surface area contributed by atoms with Gasteiger partial charge in [0.05, 0.1) is 0 Å². The minimum atomic E-state index is 0.0174. The van der Waals surface area contributed by atoms with Gasteiger partial charge in [-0.05, 0) is 36.9 Å². The molecule has 0 N–H and O–H groups in total. The number of Topliss-reactive ketones (excluding diaryl/α,β-unsaturated/α-hetero) is 1. The SMILES string of the molecule is Cc1ccc(C(=O)C2=CC=CN3C=CC=CB23)cc1. The first-order valence-corrected chi connectivity index (χ1v) is 6.38. The van der Waals surface area contributed by atoms with E-state index in [1.807, 2.05) is 78.7 Å². The highest BCUT2D eigenvalue weighted by atomic mass is 16.1. The summed E-state index contributed by atoms with van der Waals surface area (Å²) in [4.78, 5) is 14.6. The molecule has 0 amide bonds. The average Bonchev–Trinajstić information content (AvgIpc) is 2.47. The normalized spacial score (nSPS) is 16.4. The van der Waals surface area contributed by atoms with E-state index in [1.165, 1.54) is 0 Å². The van der Waals surface area contributed by atoms with Crippen molar-refractivity contribution < 1.29 is 4.79 Å². The summed E-state index contributed by atoms with van der Waals surface area (Å²) in [5.41, 5.74) is 2.72. The smallest absolute Gasteiger partial charge is 0.323 e. The molecule has 2 aliphatic rings. The maximum Gasteiger partial charge on any atom is 0.323 e. The predicted molar refractivity (Wildman–Crippen MR) is 78.6 cm³/mol. The van der Waals surface area contributed by atoms with Gasteiger partial charge < -0.3 is 4.81 Å². The Morgan fingerprint density at radius 1 is 1.05 bits per heavy atom. The van der Waals surface area contributed by atoms with Gasteiger partial charge in [-0.3, -0.25) is 4.79 Å². The van der Waals surface area contributed by atoms with Crippen molar-refractivity contribution in [3.63, 3.8) is 0 Å². The molecule has 0 bridgehead atoms. The standard InChI is InChI=1S/C16H14BNO/c1-13-6-8-14(9-7-13)16(19)15-5-4-12-18-11-3-2-10-17(15)18/h2-12H,1H3. The lowest BCUT2D eigenvalue weighted by Gasteiger charge is -2.28. The summed E-state index contributed by atoms with van der Waals surface area (Å²) >= 11 is 0. The van der Waals surface area contributed by atoms with Gasteiger partial charge in [0.2, 0.25) is 0 Å². The van der Waals surface area contributed by atoms with Crippen molar-refractivity contribution in [1.29, 1.82) is 0 Å². The maximum absolute atomic E-state index is 12.6. The van der Waals surface area contributed by atoms with E-state index in [1.54, 1.807) is 0 Å². The first kappa shape index (κ1) is 11.8. The van der Waals surface area contributed by atoms with E-state index >= 15 is 0 Å². The maximum atomic E-state index is 12.6. The van der Waals surface area contributed by atoms with E-state index in [-0.39, 0.29) is 12.6 Å². The predicted octanol–water partition coefficient (Wildman–Crippen LogP) is 3.09. The molecule has 1 aromatic rings. The number of fused-ring (bicyclic) bond motifs is 1. The second-order valence-corrected chi connectivity index (χ2v) is 4.78. The first-order chi connectivity index (χ1) is 9.25. The van der Waals surface area contributed by atoms with Crippen LogP contribution in [0.3, 0.4) is 0 Å². The fraction of sp³-hybridized carbons (Fsp3) is 0.0625. The molecule has 19 heavy (non-hydrogen) atoms. The first-order valence-electron chi connectivity index (χ1n) is 6.38. The lowest BCUT2D eigenvalue weighted by atomic mass is 9.50. The van der Waals surface area contributed by atoms with Crippen molar-refractivity contribution in [1.82, 2.24) is 4.81 Å². The topological polar surface area (TPSA) is 20.3 Å². The number of ketones is 1. The molecule has 1 aromatic carbocycles. The number of carbonyl (C=O) groups excluding carboxylic acids is 1. The summed E-state index contributed by atoms with van der Waals surface area (Å²) < 4.78 is 0. The number of allylic oxidation sites excluding steroid dienone is 5. The van der Waals surface area contributed by atoms with Crippen molar-refractivity contribution in [2.45, 2.75) is 6.92 Å². The molecule has 0 aromatic heterocycles. The van der Waals surface area contributed by atoms with Crippen LogP contribution in [0.5, 0.6) is 0 Å². The van der Waals surface area contributed by atoms with E-state index in [0.29, 0.717) is 0 Å². The molecule has 0 spiro atoms. The highest BCUT2D eigenvalue weighted by Gasteiger charge is 2.29. The molecule has 3 rings (SSSR count). The van der Waals surface area contributed by atoms with Crippen LogP contribution in [-0.4, -0.2) is 17.4 Å². The third-order valence-corrected chi connectivity index (χ3v) is 3.41. The van der Waals surface area contributed by atoms with Crippen LogP contribution >= 0.6 is 0 Å². The summed E-state index contributed by atoms with van der Waals surface area (Å²) in [6, 6.07) is 7.73. The van der Waals surface area contributed by atoms with Crippen LogP contribution in [-0.2, 0) is 0 Å². The second kappa shape index (κ2) is 4.77. The Morgan fingerprint density at radius 3 is 2.58 bits per heavy atom. The fourth-order valence-corrected chi connectivity index (χ4v) is 2.34. The summed E-state index contributed by atoms with van der Waals surface area (Å²) in [5.74, 6) is 2.14. The van der Waals surface area contributed by atoms with E-state index in [0.717, 1.165) is 16.6 Å². The van der Waals surface area contributed by atoms with Crippen molar-refractivity contribution >= 4 is 12.6 Å². The molecule has 2 nitrogen and oxygen atoms in total. The number of hydrogen-bond donors (Lipinski definition) is 0. The van der Waals surface area contributed by atoms with Crippen LogP contribution in [0.1, 0.15) is 15.9 Å². The fourth-order valence-electron chi connectivity index (χ4n) is 2.34. The quantitative estimate of drug-likeness (QED) is 0.591. The lowest BCUT2D eigenvalue weighted by molar-refractivity contribution is 0.104. The van der Waals surface area contributed by atoms with Crippen LogP contribution in [0.15, 0.2) is 72.4 Å². The van der Waals surface area contributed by atoms with Crippen LogP contribution < -0.4 is 0 Å². The summed E-state index contributed by atoms with van der Waals surface area (Å²) in [5, 5.41) is 0. The zero-order valence-corrected chi connectivity index (χ0v) is 10.8. The molecule has 0 saturated heterocycles. The number of aryl methyl sites for hydroxylation is 1. The molecule has 0 aliphatic carbocycles. The van der Waals surface area contributed by atoms with Gasteiger partial charge >= 0.3 is 6.85 Å². The zero-order valence-electron chi connectivity index (χ0n) is 10.8. The van der Waals surface area contributed by atoms with Crippen molar-refractivity contribution in [3.05, 3.63) is 83.5 Å². The Balaban J connectivity index is 1.93. The Bertz CT molecular complexity index is 623. The van der Waals surface area contributed by atoms with Crippen LogP contribution in [0.25, 0.3) is 0 Å². The minimum Gasteiger partial charge on any atom is -0.389 e. The Hall–Kier alpha value is -2.29. The van der Waals surface area contributed by atoms with Gasteiger partial charge in [0, 0.05) is 5.56 Å². The number of benzene rings is 1. The molecule has 0 radical (unpaired) electrons. The third kappa shape index (κ3) is 2.19. The van der Waals surface area contributed by atoms with E-state index < -0.39 is 0 Å². The second-order valence-electron chi connectivity index (χ2n) is 4.78. The Morgan fingerprint density at radius 2 is 1.79 bits per heavy atom. The molecule has 0 atom stereocenters. The molecule has 0 unspecified atom stereocenters. The van der Waals surface area contributed by atoms with Crippen LogP contribution in [0, 0.1) is 6.92 Å². The molecule has 2 heterocycles. The van der Waals surface area contributed by atoms with Crippen molar-refractivity contribution in [3.8, 4) is 0 Å². The van der Waals surface area contributed by atoms with Crippen molar-refractivity contribution in [2.24, 2.45) is 0 Å². The zero-order chi connectivity index (χ0) is 13.2. The highest BCUT2D eigenvalue weighted by Crippen LogP contribution is 2.21. The summed E-state index contributed by atoms with van der Waals surface area (Å²) in [6.07, 6.45) is 11.7. The molecule has 2 aliphatic heterocycles.